The van der Waals surface area contributed by atoms with Gasteiger partial charge in [-0.25, -0.2) is 4.79 Å². The zero-order valence-electron chi connectivity index (χ0n) is 18.2. The first-order valence-corrected chi connectivity index (χ1v) is 10.5. The van der Waals surface area contributed by atoms with Gasteiger partial charge in [0.2, 0.25) is 11.2 Å². The fourth-order valence-corrected chi connectivity index (χ4v) is 3.21. The maximum Gasteiger partial charge on any atom is 0.347 e. The van der Waals surface area contributed by atoms with Gasteiger partial charge in [-0.15, -0.1) is 0 Å². The van der Waals surface area contributed by atoms with Gasteiger partial charge in [-0.3, -0.25) is 4.79 Å². The minimum Gasteiger partial charge on any atom is -0.479 e. The van der Waals surface area contributed by atoms with E-state index in [0.29, 0.717) is 29.1 Å². The van der Waals surface area contributed by atoms with Crippen LogP contribution in [0.3, 0.4) is 0 Å². The zero-order valence-corrected chi connectivity index (χ0v) is 18.2. The summed E-state index contributed by atoms with van der Waals surface area (Å²) in [6, 6.07) is 18.3. The summed E-state index contributed by atoms with van der Waals surface area (Å²) in [6.07, 6.45) is 0.498. The molecule has 0 amide bonds. The van der Waals surface area contributed by atoms with Gasteiger partial charge in [0, 0.05) is 6.07 Å². The second-order valence-corrected chi connectivity index (χ2v) is 7.98. The smallest absolute Gasteiger partial charge is 0.347 e. The molecule has 0 radical (unpaired) electrons. The Balaban J connectivity index is 1.53. The highest BCUT2D eigenvalue weighted by atomic mass is 16.6. The molecule has 0 saturated carbocycles. The Morgan fingerprint density at radius 1 is 0.938 bits per heavy atom. The van der Waals surface area contributed by atoms with Gasteiger partial charge in [-0.05, 0) is 47.9 Å². The minimum atomic E-state index is -0.784. The molecule has 164 valence electrons. The quantitative estimate of drug-likeness (QED) is 0.349. The summed E-state index contributed by atoms with van der Waals surface area (Å²) in [7, 11) is 0. The fourth-order valence-electron chi connectivity index (χ4n) is 3.21. The van der Waals surface area contributed by atoms with E-state index in [-0.39, 0.29) is 17.1 Å². The van der Waals surface area contributed by atoms with E-state index in [1.54, 1.807) is 25.1 Å². The number of carbonyl (C=O) groups excluding carboxylic acids is 1. The van der Waals surface area contributed by atoms with Crippen molar-refractivity contribution in [3.8, 4) is 17.2 Å². The van der Waals surface area contributed by atoms with E-state index in [0.717, 1.165) is 10.8 Å². The third-order valence-corrected chi connectivity index (χ3v) is 4.87. The molecule has 1 atom stereocenters. The molecular weight excluding hydrogens is 408 g/mol. The minimum absolute atomic E-state index is 0.0899. The average molecular weight is 432 g/mol. The molecule has 4 aromatic rings. The molecule has 0 aliphatic rings. The van der Waals surface area contributed by atoms with Crippen LogP contribution in [0.2, 0.25) is 0 Å². The van der Waals surface area contributed by atoms with Crippen molar-refractivity contribution in [1.82, 2.24) is 0 Å². The molecule has 1 heterocycles. The predicted molar refractivity (Wildman–Crippen MR) is 122 cm³/mol. The summed E-state index contributed by atoms with van der Waals surface area (Å²) in [5.74, 6) is 0.834. The Kier molecular flexibility index (Phi) is 6.12. The molecule has 6 nitrogen and oxygen atoms in total. The van der Waals surface area contributed by atoms with Crippen LogP contribution in [0, 0.1) is 5.92 Å². The SMILES string of the molecule is CC(C)COC(=O)C(C)Oc1ccc2c(=O)c(Oc3ccc4ccccc4c3)coc2c1. The number of hydrogen-bond donors (Lipinski definition) is 0. The van der Waals surface area contributed by atoms with E-state index >= 15 is 0 Å². The predicted octanol–water partition coefficient (Wildman–Crippen LogP) is 5.71. The van der Waals surface area contributed by atoms with E-state index in [1.807, 2.05) is 56.3 Å². The van der Waals surface area contributed by atoms with E-state index in [2.05, 4.69) is 0 Å². The molecule has 0 N–H and O–H groups in total. The van der Waals surface area contributed by atoms with Crippen LogP contribution in [0.1, 0.15) is 20.8 Å². The molecule has 3 aromatic carbocycles. The highest BCUT2D eigenvalue weighted by Crippen LogP contribution is 2.27. The topological polar surface area (TPSA) is 75.0 Å². The number of ether oxygens (including phenoxy) is 3. The molecule has 1 aromatic heterocycles. The molecule has 0 spiro atoms. The van der Waals surface area contributed by atoms with Gasteiger partial charge in [0.05, 0.1) is 12.0 Å². The number of benzene rings is 3. The molecular formula is C26H24O6. The third kappa shape index (κ3) is 4.75. The summed E-state index contributed by atoms with van der Waals surface area (Å²) in [5, 5.41) is 2.45. The Morgan fingerprint density at radius 3 is 2.47 bits per heavy atom. The Morgan fingerprint density at radius 2 is 1.69 bits per heavy atom. The number of esters is 1. The molecule has 0 saturated heterocycles. The van der Waals surface area contributed by atoms with Gasteiger partial charge in [0.25, 0.3) is 0 Å². The van der Waals surface area contributed by atoms with E-state index in [1.165, 1.54) is 6.26 Å². The van der Waals surface area contributed by atoms with Crippen molar-refractivity contribution in [3.05, 3.63) is 77.2 Å². The van der Waals surface area contributed by atoms with Gasteiger partial charge in [-0.2, -0.15) is 0 Å². The van der Waals surface area contributed by atoms with Crippen LogP contribution < -0.4 is 14.9 Å². The zero-order chi connectivity index (χ0) is 22.7. The monoisotopic (exact) mass is 432 g/mol. The maximum atomic E-state index is 12.9. The van der Waals surface area contributed by atoms with E-state index < -0.39 is 12.1 Å². The summed E-state index contributed by atoms with van der Waals surface area (Å²) in [4.78, 5) is 24.9. The standard InChI is InChI=1S/C26H24O6/c1-16(2)14-30-26(28)17(3)31-21-10-11-22-23(13-21)29-15-24(25(22)27)32-20-9-8-18-6-4-5-7-19(18)12-20/h4-13,15-17H,14H2,1-3H3. The van der Waals surface area contributed by atoms with Crippen molar-refractivity contribution in [3.63, 3.8) is 0 Å². The highest BCUT2D eigenvalue weighted by molar-refractivity contribution is 5.84. The van der Waals surface area contributed by atoms with Crippen molar-refractivity contribution in [1.29, 1.82) is 0 Å². The van der Waals surface area contributed by atoms with Crippen LogP contribution >= 0.6 is 0 Å². The van der Waals surface area contributed by atoms with Gasteiger partial charge in [-0.1, -0.05) is 44.2 Å². The molecule has 0 aliphatic carbocycles. The molecule has 0 bridgehead atoms. The van der Waals surface area contributed by atoms with E-state index in [9.17, 15) is 9.59 Å². The molecule has 4 rings (SSSR count). The molecule has 0 fully saturated rings. The molecule has 1 unspecified atom stereocenters. The molecule has 6 heteroatoms. The third-order valence-electron chi connectivity index (χ3n) is 4.87. The van der Waals surface area contributed by atoms with Crippen molar-refractivity contribution in [2.45, 2.75) is 26.9 Å². The second-order valence-electron chi connectivity index (χ2n) is 7.98. The molecule has 32 heavy (non-hydrogen) atoms. The highest BCUT2D eigenvalue weighted by Gasteiger charge is 2.18. The number of carbonyl (C=O) groups is 1. The number of fused-ring (bicyclic) bond motifs is 2. The largest absolute Gasteiger partial charge is 0.479 e. The van der Waals surface area contributed by atoms with Crippen LogP contribution in [0.25, 0.3) is 21.7 Å². The lowest BCUT2D eigenvalue weighted by molar-refractivity contribution is -0.152. The van der Waals surface area contributed by atoms with Crippen LogP contribution in [0.15, 0.2) is 76.1 Å². The Labute approximate surface area is 185 Å². The first kappa shape index (κ1) is 21.4. The van der Waals surface area contributed by atoms with Crippen LogP contribution in [0.5, 0.6) is 17.2 Å². The number of rotatable bonds is 7. The van der Waals surface area contributed by atoms with Crippen LogP contribution in [-0.2, 0) is 9.53 Å². The summed E-state index contributed by atoms with van der Waals surface area (Å²) in [5.41, 5.74) is 0.0384. The first-order valence-electron chi connectivity index (χ1n) is 10.5. The van der Waals surface area contributed by atoms with Crippen molar-refractivity contribution in [2.75, 3.05) is 6.61 Å². The van der Waals surface area contributed by atoms with Crippen LogP contribution in [0.4, 0.5) is 0 Å². The maximum absolute atomic E-state index is 12.9. The van der Waals surface area contributed by atoms with Gasteiger partial charge in [0.15, 0.2) is 6.10 Å². The second kappa shape index (κ2) is 9.14. The van der Waals surface area contributed by atoms with Crippen molar-refractivity contribution >= 4 is 27.7 Å². The first-order chi connectivity index (χ1) is 15.4. The average Bonchev–Trinajstić information content (AvgIpc) is 2.79. The van der Waals surface area contributed by atoms with Gasteiger partial charge in [0.1, 0.15) is 23.3 Å². The fraction of sp³-hybridized carbons (Fsp3) is 0.231. The lowest BCUT2D eigenvalue weighted by atomic mass is 10.1. The summed E-state index contributed by atoms with van der Waals surface area (Å²) in [6.45, 7) is 5.87. The Bertz CT molecular complexity index is 1320. The van der Waals surface area contributed by atoms with Crippen LogP contribution in [-0.4, -0.2) is 18.7 Å². The van der Waals surface area contributed by atoms with Gasteiger partial charge >= 0.3 is 5.97 Å². The number of hydrogen-bond acceptors (Lipinski definition) is 6. The summed E-state index contributed by atoms with van der Waals surface area (Å²) < 4.78 is 22.3. The van der Waals surface area contributed by atoms with Crippen molar-refractivity contribution in [2.24, 2.45) is 5.92 Å². The Hall–Kier alpha value is -3.80. The van der Waals surface area contributed by atoms with Gasteiger partial charge < -0.3 is 18.6 Å². The normalized spacial score (nSPS) is 12.1. The summed E-state index contributed by atoms with van der Waals surface area (Å²) >= 11 is 0. The van der Waals surface area contributed by atoms with E-state index in [4.69, 9.17) is 18.6 Å². The molecule has 0 aliphatic heterocycles. The lowest BCUT2D eigenvalue weighted by Gasteiger charge is -2.15. The van der Waals surface area contributed by atoms with Crippen molar-refractivity contribution < 1.29 is 23.4 Å². The lowest BCUT2D eigenvalue weighted by Crippen LogP contribution is -2.27.